The third-order valence-corrected chi connectivity index (χ3v) is 4.15. The van der Waals surface area contributed by atoms with Crippen molar-refractivity contribution in [3.63, 3.8) is 0 Å². The fourth-order valence-corrected chi connectivity index (χ4v) is 2.91. The Kier molecular flexibility index (Phi) is 2.62. The van der Waals surface area contributed by atoms with Crippen molar-refractivity contribution in [3.05, 3.63) is 35.4 Å². The van der Waals surface area contributed by atoms with Gasteiger partial charge in [-0.05, 0) is 25.8 Å². The highest BCUT2D eigenvalue weighted by Gasteiger charge is 2.50. The second kappa shape index (κ2) is 3.99. The highest BCUT2D eigenvalue weighted by atomic mass is 16.5. The molecule has 3 rings (SSSR count). The highest BCUT2D eigenvalue weighted by Crippen LogP contribution is 2.45. The number of aliphatic hydroxyl groups excluding tert-OH is 1. The maximum Gasteiger partial charge on any atom is 0.229 e. The van der Waals surface area contributed by atoms with Crippen molar-refractivity contribution in [2.45, 2.75) is 38.1 Å². The molecule has 3 unspecified atom stereocenters. The largest absolute Gasteiger partial charge is 0.390 e. The molecule has 1 N–H and O–H groups in total. The molecule has 4 nitrogen and oxygen atoms in total. The van der Waals surface area contributed by atoms with Gasteiger partial charge in [0, 0.05) is 5.56 Å². The highest BCUT2D eigenvalue weighted by molar-refractivity contribution is 6.45. The molecule has 1 aliphatic heterocycles. The normalized spacial score (nSPS) is 32.7. The summed E-state index contributed by atoms with van der Waals surface area (Å²) in [5.41, 5.74) is 0.479. The minimum Gasteiger partial charge on any atom is -0.390 e. The molecule has 0 radical (unpaired) electrons. The molecule has 0 spiro atoms. The standard InChI is InChI=1S/C15H16O4/c1-15(2)11(16)7-10-13(18)12(17)8-5-3-4-6-9(8)14(10)19-15/h3-6,10-11,14,16H,7H2,1-2H3. The van der Waals surface area contributed by atoms with E-state index in [0.717, 1.165) is 5.56 Å². The molecule has 3 atom stereocenters. The quantitative estimate of drug-likeness (QED) is 0.721. The van der Waals surface area contributed by atoms with Crippen molar-refractivity contribution in [2.75, 3.05) is 0 Å². The second-order valence-corrected chi connectivity index (χ2v) is 5.78. The molecular formula is C15H16O4. The Labute approximate surface area is 111 Å². The molecule has 1 heterocycles. The Morgan fingerprint density at radius 3 is 2.68 bits per heavy atom. The summed E-state index contributed by atoms with van der Waals surface area (Å²) in [6.45, 7) is 3.61. The lowest BCUT2D eigenvalue weighted by molar-refractivity contribution is -0.197. The monoisotopic (exact) mass is 260 g/mol. The number of carbonyl (C=O) groups is 2. The van der Waals surface area contributed by atoms with Crippen LogP contribution in [0.25, 0.3) is 0 Å². The van der Waals surface area contributed by atoms with Crippen LogP contribution in [0.2, 0.25) is 0 Å². The van der Waals surface area contributed by atoms with Gasteiger partial charge < -0.3 is 9.84 Å². The third kappa shape index (κ3) is 1.75. The molecule has 4 heteroatoms. The van der Waals surface area contributed by atoms with Crippen LogP contribution in [0, 0.1) is 5.92 Å². The van der Waals surface area contributed by atoms with Gasteiger partial charge in [-0.15, -0.1) is 0 Å². The van der Waals surface area contributed by atoms with Crippen molar-refractivity contribution in [3.8, 4) is 0 Å². The lowest BCUT2D eigenvalue weighted by atomic mass is 9.73. The molecule has 2 aliphatic rings. The molecule has 0 amide bonds. The summed E-state index contributed by atoms with van der Waals surface area (Å²) in [4.78, 5) is 24.2. The smallest absolute Gasteiger partial charge is 0.229 e. The second-order valence-electron chi connectivity index (χ2n) is 5.78. The topological polar surface area (TPSA) is 63.6 Å². The minimum absolute atomic E-state index is 0.274. The van der Waals surface area contributed by atoms with Gasteiger partial charge in [-0.2, -0.15) is 0 Å². The maximum absolute atomic E-state index is 12.1. The molecule has 100 valence electrons. The number of aliphatic hydroxyl groups is 1. The zero-order valence-electron chi connectivity index (χ0n) is 10.9. The molecule has 1 saturated heterocycles. The molecule has 19 heavy (non-hydrogen) atoms. The number of fused-ring (bicyclic) bond motifs is 3. The lowest BCUT2D eigenvalue weighted by Crippen LogP contribution is -2.52. The summed E-state index contributed by atoms with van der Waals surface area (Å²) < 4.78 is 5.91. The van der Waals surface area contributed by atoms with Gasteiger partial charge in [0.25, 0.3) is 0 Å². The van der Waals surface area contributed by atoms with Gasteiger partial charge in [-0.25, -0.2) is 0 Å². The van der Waals surface area contributed by atoms with Crippen LogP contribution in [0.15, 0.2) is 24.3 Å². The average molecular weight is 260 g/mol. The summed E-state index contributed by atoms with van der Waals surface area (Å²) >= 11 is 0. The maximum atomic E-state index is 12.1. The van der Waals surface area contributed by atoms with Gasteiger partial charge in [0.2, 0.25) is 11.6 Å². The third-order valence-electron chi connectivity index (χ3n) is 4.15. The van der Waals surface area contributed by atoms with E-state index in [9.17, 15) is 14.7 Å². The molecule has 0 bridgehead atoms. The van der Waals surface area contributed by atoms with Crippen LogP contribution in [-0.4, -0.2) is 28.4 Å². The summed E-state index contributed by atoms with van der Waals surface area (Å²) in [5, 5.41) is 10.0. The van der Waals surface area contributed by atoms with E-state index in [4.69, 9.17) is 4.74 Å². The first-order chi connectivity index (χ1) is 8.92. The molecule has 0 saturated carbocycles. The van der Waals surface area contributed by atoms with E-state index in [1.165, 1.54) is 0 Å². The van der Waals surface area contributed by atoms with Crippen molar-refractivity contribution in [2.24, 2.45) is 5.92 Å². The van der Waals surface area contributed by atoms with Crippen LogP contribution in [0.4, 0.5) is 0 Å². The Hall–Kier alpha value is -1.52. The van der Waals surface area contributed by atoms with Crippen molar-refractivity contribution >= 4 is 11.6 Å². The number of Topliss-reactive ketones (excluding diaryl/α,β-unsaturated/α-hetero) is 2. The summed E-state index contributed by atoms with van der Waals surface area (Å²) in [6.07, 6.45) is -0.896. The molecular weight excluding hydrogens is 244 g/mol. The zero-order chi connectivity index (χ0) is 13.8. The first kappa shape index (κ1) is 12.5. The minimum atomic E-state index is -0.740. The zero-order valence-corrected chi connectivity index (χ0v) is 10.9. The van der Waals surface area contributed by atoms with E-state index in [0.29, 0.717) is 5.56 Å². The Morgan fingerprint density at radius 2 is 1.95 bits per heavy atom. The Morgan fingerprint density at radius 1 is 1.26 bits per heavy atom. The molecule has 1 aliphatic carbocycles. The van der Waals surface area contributed by atoms with Crippen LogP contribution in [0.5, 0.6) is 0 Å². The number of benzene rings is 1. The van der Waals surface area contributed by atoms with E-state index < -0.39 is 35.3 Å². The summed E-state index contributed by atoms with van der Waals surface area (Å²) in [5.74, 6) is -1.48. The fraction of sp³-hybridized carbons (Fsp3) is 0.467. The van der Waals surface area contributed by atoms with Gasteiger partial charge in [-0.3, -0.25) is 9.59 Å². The van der Waals surface area contributed by atoms with E-state index in [2.05, 4.69) is 0 Å². The number of ether oxygens (including phenoxy) is 1. The average Bonchev–Trinajstić information content (AvgIpc) is 2.38. The van der Waals surface area contributed by atoms with E-state index in [-0.39, 0.29) is 6.42 Å². The molecule has 1 fully saturated rings. The predicted octanol–water partition coefficient (Wildman–Crippen LogP) is 1.67. The van der Waals surface area contributed by atoms with E-state index in [1.54, 1.807) is 26.0 Å². The van der Waals surface area contributed by atoms with Gasteiger partial charge in [-0.1, -0.05) is 24.3 Å². The SMILES string of the molecule is CC1(C)OC2c3ccccc3C(=O)C(=O)C2CC1O. The number of rotatable bonds is 0. The Bertz CT molecular complexity index is 561. The van der Waals surface area contributed by atoms with Gasteiger partial charge in [0.1, 0.15) is 0 Å². The van der Waals surface area contributed by atoms with Gasteiger partial charge >= 0.3 is 0 Å². The Balaban J connectivity index is 2.11. The van der Waals surface area contributed by atoms with Gasteiger partial charge in [0.15, 0.2) is 0 Å². The van der Waals surface area contributed by atoms with Crippen molar-refractivity contribution in [1.82, 2.24) is 0 Å². The molecule has 0 aromatic heterocycles. The molecule has 1 aromatic carbocycles. The van der Waals surface area contributed by atoms with E-state index >= 15 is 0 Å². The van der Waals surface area contributed by atoms with Crippen LogP contribution >= 0.6 is 0 Å². The van der Waals surface area contributed by atoms with Crippen LogP contribution in [0.1, 0.15) is 42.3 Å². The van der Waals surface area contributed by atoms with Crippen molar-refractivity contribution in [1.29, 1.82) is 0 Å². The number of hydrogen-bond donors (Lipinski definition) is 1. The number of hydrogen-bond acceptors (Lipinski definition) is 4. The molecule has 1 aromatic rings. The first-order valence-electron chi connectivity index (χ1n) is 6.45. The van der Waals surface area contributed by atoms with Gasteiger partial charge in [0.05, 0.1) is 23.7 Å². The predicted molar refractivity (Wildman–Crippen MR) is 67.8 cm³/mol. The van der Waals surface area contributed by atoms with Crippen LogP contribution < -0.4 is 0 Å². The summed E-state index contributed by atoms with van der Waals surface area (Å²) in [6, 6.07) is 7.06. The van der Waals surface area contributed by atoms with E-state index in [1.807, 2.05) is 12.1 Å². The van der Waals surface area contributed by atoms with Crippen LogP contribution in [0.3, 0.4) is 0 Å². The van der Waals surface area contributed by atoms with Crippen LogP contribution in [-0.2, 0) is 9.53 Å². The number of carbonyl (C=O) groups excluding carboxylic acids is 2. The first-order valence-corrected chi connectivity index (χ1v) is 6.45. The summed E-state index contributed by atoms with van der Waals surface area (Å²) in [7, 11) is 0. The lowest BCUT2D eigenvalue weighted by Gasteiger charge is -2.45. The van der Waals surface area contributed by atoms with Crippen molar-refractivity contribution < 1.29 is 19.4 Å². The fourth-order valence-electron chi connectivity index (χ4n) is 2.91. The number of ketones is 2.